The van der Waals surface area contributed by atoms with Gasteiger partial charge in [0.15, 0.2) is 0 Å². The Labute approximate surface area is 195 Å². The van der Waals surface area contributed by atoms with Gasteiger partial charge in [-0.2, -0.15) is 0 Å². The van der Waals surface area contributed by atoms with Crippen LogP contribution < -0.4 is 9.62 Å². The molecule has 178 valence electrons. The van der Waals surface area contributed by atoms with Crippen LogP contribution in [0.25, 0.3) is 0 Å². The van der Waals surface area contributed by atoms with Crippen LogP contribution in [0.1, 0.15) is 50.0 Å². The Morgan fingerprint density at radius 2 is 1.76 bits per heavy atom. The highest BCUT2D eigenvalue weighted by Crippen LogP contribution is 2.25. The zero-order valence-electron chi connectivity index (χ0n) is 19.5. The van der Waals surface area contributed by atoms with Crippen molar-refractivity contribution in [3.63, 3.8) is 0 Å². The Morgan fingerprint density at radius 1 is 1.09 bits per heavy atom. The number of rotatable bonds is 6. The minimum Gasteiger partial charge on any atom is -0.444 e. The summed E-state index contributed by atoms with van der Waals surface area (Å²) in [5, 5.41) is 2.90. The number of ether oxygens (including phenoxy) is 1. The summed E-state index contributed by atoms with van der Waals surface area (Å²) < 4.78 is 31.1. The molecule has 1 aliphatic heterocycles. The molecule has 1 heterocycles. The van der Waals surface area contributed by atoms with Gasteiger partial charge < -0.3 is 15.0 Å². The third kappa shape index (κ3) is 6.25. The fraction of sp³-hybridized carbons (Fsp3) is 0.417. The Bertz CT molecular complexity index is 1110. The minimum atomic E-state index is -3.27. The molecule has 0 bridgehead atoms. The molecule has 1 fully saturated rings. The van der Waals surface area contributed by atoms with Crippen molar-refractivity contribution in [2.45, 2.75) is 46.3 Å². The fourth-order valence-corrected chi connectivity index (χ4v) is 5.09. The first-order valence-electron chi connectivity index (χ1n) is 11.0. The maximum absolute atomic E-state index is 12.9. The smallest absolute Gasteiger partial charge is 0.410 e. The molecule has 8 nitrogen and oxygen atoms in total. The molecule has 0 unspecified atom stereocenters. The van der Waals surface area contributed by atoms with Crippen LogP contribution in [0.15, 0.2) is 48.5 Å². The Morgan fingerprint density at radius 3 is 2.33 bits per heavy atom. The van der Waals surface area contributed by atoms with Crippen molar-refractivity contribution in [2.75, 3.05) is 28.5 Å². The lowest BCUT2D eigenvalue weighted by Gasteiger charge is -2.27. The molecule has 0 aliphatic carbocycles. The Balaban J connectivity index is 1.72. The van der Waals surface area contributed by atoms with E-state index in [1.54, 1.807) is 35.2 Å². The van der Waals surface area contributed by atoms with Gasteiger partial charge >= 0.3 is 6.09 Å². The molecule has 0 spiro atoms. The molecule has 2 amide bonds. The second-order valence-electron chi connectivity index (χ2n) is 8.89. The van der Waals surface area contributed by atoms with Crippen LogP contribution in [0, 0.1) is 0 Å². The first-order chi connectivity index (χ1) is 15.5. The molecule has 9 heteroatoms. The van der Waals surface area contributed by atoms with Gasteiger partial charge in [0.1, 0.15) is 5.60 Å². The molecule has 2 aromatic rings. The molecule has 0 aromatic heterocycles. The summed E-state index contributed by atoms with van der Waals surface area (Å²) in [6.07, 6.45) is 0.179. The summed E-state index contributed by atoms with van der Waals surface area (Å²) in [6.45, 7) is 8.51. The first-order valence-corrected chi connectivity index (χ1v) is 12.6. The maximum Gasteiger partial charge on any atom is 0.410 e. The largest absolute Gasteiger partial charge is 0.444 e. The fourth-order valence-electron chi connectivity index (χ4n) is 3.52. The predicted molar refractivity (Wildman–Crippen MR) is 129 cm³/mol. The van der Waals surface area contributed by atoms with Crippen molar-refractivity contribution in [3.05, 3.63) is 59.7 Å². The lowest BCUT2D eigenvalue weighted by Crippen LogP contribution is -2.36. The monoisotopic (exact) mass is 473 g/mol. The molecular weight excluding hydrogens is 442 g/mol. The molecule has 1 N–H and O–H groups in total. The Hall–Kier alpha value is -3.07. The normalized spacial score (nSPS) is 15.2. The van der Waals surface area contributed by atoms with E-state index >= 15 is 0 Å². The second-order valence-corrected chi connectivity index (χ2v) is 10.9. The van der Waals surface area contributed by atoms with Gasteiger partial charge in [-0.3, -0.25) is 9.10 Å². The number of nitrogens with one attached hydrogen (secondary N) is 1. The number of nitrogens with zero attached hydrogens (tertiary/aromatic N) is 2. The number of sulfonamides is 1. The average molecular weight is 474 g/mol. The number of benzene rings is 2. The number of carbonyl (C=O) groups is 2. The topological polar surface area (TPSA) is 96.0 Å². The van der Waals surface area contributed by atoms with Crippen molar-refractivity contribution in [3.8, 4) is 0 Å². The van der Waals surface area contributed by atoms with Crippen LogP contribution in [-0.4, -0.2) is 49.8 Å². The molecule has 0 radical (unpaired) electrons. The van der Waals surface area contributed by atoms with Crippen LogP contribution in [0.4, 0.5) is 16.2 Å². The van der Waals surface area contributed by atoms with Crippen LogP contribution >= 0.6 is 0 Å². The lowest BCUT2D eigenvalue weighted by molar-refractivity contribution is 0.0245. The van der Waals surface area contributed by atoms with E-state index in [0.29, 0.717) is 36.4 Å². The van der Waals surface area contributed by atoms with Gasteiger partial charge in [-0.1, -0.05) is 18.2 Å². The first kappa shape index (κ1) is 24.6. The molecule has 0 atom stereocenters. The summed E-state index contributed by atoms with van der Waals surface area (Å²) in [4.78, 5) is 26.9. The van der Waals surface area contributed by atoms with Gasteiger partial charge in [0.2, 0.25) is 10.0 Å². The van der Waals surface area contributed by atoms with Crippen LogP contribution in [-0.2, 0) is 21.3 Å². The molecule has 1 aliphatic rings. The minimum absolute atomic E-state index is 0.143. The Kier molecular flexibility index (Phi) is 7.31. The third-order valence-corrected chi connectivity index (χ3v) is 7.05. The van der Waals surface area contributed by atoms with E-state index in [4.69, 9.17) is 4.74 Å². The van der Waals surface area contributed by atoms with Gasteiger partial charge in [0.05, 0.1) is 18.0 Å². The van der Waals surface area contributed by atoms with Gasteiger partial charge in [-0.05, 0) is 70.0 Å². The van der Waals surface area contributed by atoms with Crippen molar-refractivity contribution >= 4 is 33.4 Å². The number of para-hydroxylation sites is 1. The van der Waals surface area contributed by atoms with Crippen molar-refractivity contribution in [2.24, 2.45) is 0 Å². The SMILES string of the molecule is CCN(Cc1ccccc1NC(=O)c1ccc(N2CCCS2(=O)=O)cc1)C(=O)OC(C)(C)C. The van der Waals surface area contributed by atoms with Crippen LogP contribution in [0.5, 0.6) is 0 Å². The summed E-state index contributed by atoms with van der Waals surface area (Å²) in [5.41, 5.74) is 1.73. The summed E-state index contributed by atoms with van der Waals surface area (Å²) in [7, 11) is -3.27. The number of carbonyl (C=O) groups excluding carboxylic acids is 2. The third-order valence-electron chi connectivity index (χ3n) is 5.18. The van der Waals surface area contributed by atoms with Gasteiger partial charge in [0, 0.05) is 24.3 Å². The van der Waals surface area contributed by atoms with Crippen LogP contribution in [0.3, 0.4) is 0 Å². The van der Waals surface area contributed by atoms with Crippen LogP contribution in [0.2, 0.25) is 0 Å². The standard InChI is InChI=1S/C24H31N3O5S/c1-5-26(23(29)32-24(2,3)4)17-19-9-6-7-10-21(19)25-22(28)18-11-13-20(14-12-18)27-15-8-16-33(27,30)31/h6-7,9-14H,5,8,15-17H2,1-4H3,(H,25,28). The van der Waals surface area contributed by atoms with E-state index in [1.807, 2.05) is 45.9 Å². The quantitative estimate of drug-likeness (QED) is 0.677. The van der Waals surface area contributed by atoms with E-state index in [9.17, 15) is 18.0 Å². The van der Waals surface area contributed by atoms with Gasteiger partial charge in [-0.15, -0.1) is 0 Å². The highest BCUT2D eigenvalue weighted by atomic mass is 32.2. The molecular formula is C24H31N3O5S. The van der Waals surface area contributed by atoms with E-state index in [0.717, 1.165) is 5.56 Å². The van der Waals surface area contributed by atoms with Crippen molar-refractivity contribution < 1.29 is 22.7 Å². The van der Waals surface area contributed by atoms with E-state index in [-0.39, 0.29) is 18.2 Å². The molecule has 1 saturated heterocycles. The average Bonchev–Trinajstić information content (AvgIpc) is 3.10. The van der Waals surface area contributed by atoms with Crippen molar-refractivity contribution in [1.29, 1.82) is 0 Å². The summed E-state index contributed by atoms with van der Waals surface area (Å²) >= 11 is 0. The van der Waals surface area contributed by atoms with E-state index < -0.39 is 21.7 Å². The van der Waals surface area contributed by atoms with Crippen molar-refractivity contribution in [1.82, 2.24) is 4.90 Å². The maximum atomic E-state index is 12.9. The van der Waals surface area contributed by atoms with E-state index in [2.05, 4.69) is 5.32 Å². The van der Waals surface area contributed by atoms with Gasteiger partial charge in [0.25, 0.3) is 5.91 Å². The lowest BCUT2D eigenvalue weighted by atomic mass is 10.1. The second kappa shape index (κ2) is 9.82. The molecule has 2 aromatic carbocycles. The highest BCUT2D eigenvalue weighted by molar-refractivity contribution is 7.93. The van der Waals surface area contributed by atoms with Gasteiger partial charge in [-0.25, -0.2) is 13.2 Å². The highest BCUT2D eigenvalue weighted by Gasteiger charge is 2.28. The zero-order chi connectivity index (χ0) is 24.2. The molecule has 3 rings (SSSR count). The zero-order valence-corrected chi connectivity index (χ0v) is 20.3. The number of hydrogen-bond donors (Lipinski definition) is 1. The number of amides is 2. The summed E-state index contributed by atoms with van der Waals surface area (Å²) in [6, 6.07) is 13.8. The number of anilines is 2. The predicted octanol–water partition coefficient (Wildman–Crippen LogP) is 4.24. The molecule has 33 heavy (non-hydrogen) atoms. The van der Waals surface area contributed by atoms with E-state index in [1.165, 1.54) is 4.31 Å². The molecule has 0 saturated carbocycles. The summed E-state index contributed by atoms with van der Waals surface area (Å²) in [5.74, 6) is -0.178. The number of hydrogen-bond acceptors (Lipinski definition) is 5.